The third-order valence-electron chi connectivity index (χ3n) is 3.38. The molecular weight excluding hydrogens is 380 g/mol. The Balaban J connectivity index is 1.88. The average Bonchev–Trinajstić information content (AvgIpc) is 2.46. The molecule has 0 spiro atoms. The van der Waals surface area contributed by atoms with Gasteiger partial charge in [-0.1, -0.05) is 87.9 Å². The van der Waals surface area contributed by atoms with Gasteiger partial charge in [0.05, 0.1) is 6.61 Å². The van der Waals surface area contributed by atoms with E-state index in [4.69, 9.17) is 4.74 Å². The first-order valence-corrected chi connectivity index (χ1v) is 9.42. The average molecular weight is 406 g/mol. The Morgan fingerprint density at radius 2 is 1.65 bits per heavy atom. The predicted molar refractivity (Wildman–Crippen MR) is 94.9 cm³/mol. The normalized spacial score (nSPS) is 14.2. The van der Waals surface area contributed by atoms with E-state index in [0.29, 0.717) is 0 Å². The van der Waals surface area contributed by atoms with Gasteiger partial charge in [-0.25, -0.2) is 0 Å². The van der Waals surface area contributed by atoms with E-state index in [-0.39, 0.29) is 4.32 Å². The molecule has 0 aliphatic heterocycles. The van der Waals surface area contributed by atoms with E-state index in [2.05, 4.69) is 63.0 Å². The lowest BCUT2D eigenvalue weighted by molar-refractivity contribution is 0.116. The van der Waals surface area contributed by atoms with Crippen molar-refractivity contribution >= 4 is 31.9 Å². The summed E-state index contributed by atoms with van der Waals surface area (Å²) in [5.74, 6) is 0. The molecular formula is C17H26Br2O. The molecule has 0 bridgehead atoms. The van der Waals surface area contributed by atoms with Crippen molar-refractivity contribution in [2.75, 3.05) is 11.9 Å². The minimum Gasteiger partial charge on any atom is -0.377 e. The zero-order valence-corrected chi connectivity index (χ0v) is 15.6. The molecule has 0 saturated heterocycles. The van der Waals surface area contributed by atoms with Gasteiger partial charge in [0.1, 0.15) is 0 Å². The van der Waals surface area contributed by atoms with Gasteiger partial charge in [0.15, 0.2) is 0 Å². The van der Waals surface area contributed by atoms with Crippen LogP contribution in [0.15, 0.2) is 30.3 Å². The van der Waals surface area contributed by atoms with Crippen LogP contribution in [0.1, 0.15) is 51.0 Å². The van der Waals surface area contributed by atoms with Gasteiger partial charge in [-0.15, -0.1) is 0 Å². The van der Waals surface area contributed by atoms with Crippen LogP contribution in [0.5, 0.6) is 0 Å². The maximum Gasteiger partial charge on any atom is 0.0716 e. The van der Waals surface area contributed by atoms with Crippen molar-refractivity contribution in [3.8, 4) is 0 Å². The van der Waals surface area contributed by atoms with E-state index < -0.39 is 0 Å². The van der Waals surface area contributed by atoms with Crippen LogP contribution in [-0.2, 0) is 11.3 Å². The van der Waals surface area contributed by atoms with Gasteiger partial charge < -0.3 is 4.74 Å². The van der Waals surface area contributed by atoms with E-state index in [0.717, 1.165) is 18.5 Å². The smallest absolute Gasteiger partial charge is 0.0716 e. The quantitative estimate of drug-likeness (QED) is 0.319. The number of benzene rings is 1. The third-order valence-corrected chi connectivity index (χ3v) is 6.04. The minimum atomic E-state index is 0.270. The summed E-state index contributed by atoms with van der Waals surface area (Å²) < 4.78 is 5.95. The maximum absolute atomic E-state index is 5.68. The Morgan fingerprint density at radius 3 is 2.35 bits per heavy atom. The molecule has 1 nitrogen and oxygen atoms in total. The number of hydrogen-bond acceptors (Lipinski definition) is 1. The van der Waals surface area contributed by atoms with Crippen LogP contribution in [0.4, 0.5) is 0 Å². The van der Waals surface area contributed by atoms with Crippen LogP contribution in [-0.4, -0.2) is 16.3 Å². The predicted octanol–water partition coefficient (Wildman–Crippen LogP) is 6.09. The number of hydrogen-bond donors (Lipinski definition) is 0. The standard InChI is InChI=1S/C17H26Br2O/c1-17(19,15-18)12-8-3-2-4-9-13-20-14-16-10-6-5-7-11-16/h5-7,10-11H,2-4,8-9,12-15H2,1H3. The number of rotatable bonds is 11. The summed E-state index contributed by atoms with van der Waals surface area (Å²) in [6.07, 6.45) is 7.65. The van der Waals surface area contributed by atoms with Gasteiger partial charge in [-0.2, -0.15) is 0 Å². The summed E-state index contributed by atoms with van der Waals surface area (Å²) in [7, 11) is 0. The second-order valence-corrected chi connectivity index (χ2v) is 8.08. The highest BCUT2D eigenvalue weighted by Crippen LogP contribution is 2.26. The lowest BCUT2D eigenvalue weighted by Gasteiger charge is -2.18. The fourth-order valence-corrected chi connectivity index (χ4v) is 2.62. The lowest BCUT2D eigenvalue weighted by atomic mass is 10.0. The van der Waals surface area contributed by atoms with E-state index in [1.807, 2.05) is 6.07 Å². The van der Waals surface area contributed by atoms with Crippen molar-refractivity contribution in [2.24, 2.45) is 0 Å². The summed E-state index contributed by atoms with van der Waals surface area (Å²) in [6, 6.07) is 10.4. The number of unbranched alkanes of at least 4 members (excludes halogenated alkanes) is 4. The molecule has 0 aromatic heterocycles. The first-order chi connectivity index (χ1) is 9.64. The van der Waals surface area contributed by atoms with Crippen molar-refractivity contribution < 1.29 is 4.74 Å². The molecule has 0 saturated carbocycles. The van der Waals surface area contributed by atoms with Gasteiger partial charge in [0.25, 0.3) is 0 Å². The van der Waals surface area contributed by atoms with Crippen LogP contribution in [0.25, 0.3) is 0 Å². The summed E-state index contributed by atoms with van der Waals surface area (Å²) in [4.78, 5) is 0. The molecule has 1 aromatic carbocycles. The molecule has 0 fully saturated rings. The Morgan fingerprint density at radius 1 is 1.00 bits per heavy atom. The molecule has 0 heterocycles. The highest BCUT2D eigenvalue weighted by Gasteiger charge is 2.16. The second-order valence-electron chi connectivity index (χ2n) is 5.60. The maximum atomic E-state index is 5.68. The molecule has 3 heteroatoms. The first kappa shape index (κ1) is 18.2. The number of alkyl halides is 2. The highest BCUT2D eigenvalue weighted by molar-refractivity contribution is 9.12. The molecule has 0 aliphatic carbocycles. The van der Waals surface area contributed by atoms with Crippen molar-refractivity contribution in [1.82, 2.24) is 0 Å². The molecule has 0 amide bonds. The number of ether oxygens (including phenoxy) is 1. The molecule has 114 valence electrons. The summed E-state index contributed by atoms with van der Waals surface area (Å²) >= 11 is 7.28. The molecule has 20 heavy (non-hydrogen) atoms. The molecule has 0 radical (unpaired) electrons. The van der Waals surface area contributed by atoms with Crippen LogP contribution in [0, 0.1) is 0 Å². The fourth-order valence-electron chi connectivity index (χ4n) is 2.06. The van der Waals surface area contributed by atoms with Gasteiger partial charge in [0.2, 0.25) is 0 Å². The molecule has 1 unspecified atom stereocenters. The van der Waals surface area contributed by atoms with Crippen LogP contribution in [0.3, 0.4) is 0 Å². The fraction of sp³-hybridized carbons (Fsp3) is 0.647. The minimum absolute atomic E-state index is 0.270. The third kappa shape index (κ3) is 9.15. The van der Waals surface area contributed by atoms with Gasteiger partial charge >= 0.3 is 0 Å². The Kier molecular flexibility index (Phi) is 9.83. The first-order valence-electron chi connectivity index (χ1n) is 7.50. The highest BCUT2D eigenvalue weighted by atomic mass is 79.9. The summed E-state index contributed by atoms with van der Waals surface area (Å²) in [6.45, 7) is 3.87. The van der Waals surface area contributed by atoms with Crippen molar-refractivity contribution in [2.45, 2.75) is 56.4 Å². The van der Waals surface area contributed by atoms with E-state index in [1.165, 1.54) is 44.1 Å². The van der Waals surface area contributed by atoms with Crippen molar-refractivity contribution in [1.29, 1.82) is 0 Å². The van der Waals surface area contributed by atoms with Crippen LogP contribution < -0.4 is 0 Å². The largest absolute Gasteiger partial charge is 0.377 e. The van der Waals surface area contributed by atoms with Crippen LogP contribution >= 0.6 is 31.9 Å². The van der Waals surface area contributed by atoms with Gasteiger partial charge in [0, 0.05) is 16.3 Å². The Hall–Kier alpha value is 0.140. The SMILES string of the molecule is CC(Br)(CBr)CCCCCCCOCc1ccccc1. The molecule has 0 N–H and O–H groups in total. The zero-order valence-electron chi connectivity index (χ0n) is 12.4. The Labute approximate surface area is 140 Å². The van der Waals surface area contributed by atoms with Crippen molar-refractivity contribution in [3.63, 3.8) is 0 Å². The summed E-state index contributed by atoms with van der Waals surface area (Å²) in [5.41, 5.74) is 1.26. The second kappa shape index (κ2) is 10.8. The molecule has 1 rings (SSSR count). The van der Waals surface area contributed by atoms with Crippen LogP contribution in [0.2, 0.25) is 0 Å². The lowest BCUT2D eigenvalue weighted by Crippen LogP contribution is -2.16. The zero-order chi connectivity index (χ0) is 14.7. The summed E-state index contributed by atoms with van der Waals surface area (Å²) in [5, 5.41) is 1.02. The van der Waals surface area contributed by atoms with Gasteiger partial charge in [-0.3, -0.25) is 0 Å². The van der Waals surface area contributed by atoms with E-state index in [9.17, 15) is 0 Å². The van der Waals surface area contributed by atoms with Crippen molar-refractivity contribution in [3.05, 3.63) is 35.9 Å². The van der Waals surface area contributed by atoms with Gasteiger partial charge in [-0.05, 0) is 25.3 Å². The monoisotopic (exact) mass is 404 g/mol. The van der Waals surface area contributed by atoms with E-state index >= 15 is 0 Å². The number of halogens is 2. The Bertz CT molecular complexity index is 338. The van der Waals surface area contributed by atoms with E-state index in [1.54, 1.807) is 0 Å². The molecule has 1 aromatic rings. The topological polar surface area (TPSA) is 9.23 Å². The molecule has 1 atom stereocenters. The molecule has 0 aliphatic rings.